The number of nitrogens with zero attached hydrogens (tertiary/aromatic N) is 3. The fourth-order valence-corrected chi connectivity index (χ4v) is 5.38. The van der Waals surface area contributed by atoms with Crippen LogP contribution in [0.5, 0.6) is 0 Å². The highest BCUT2D eigenvalue weighted by Gasteiger charge is 2.27. The molecule has 10 heteroatoms. The molecule has 0 radical (unpaired) electrons. The van der Waals surface area contributed by atoms with Crippen molar-refractivity contribution in [1.82, 2.24) is 19.8 Å². The van der Waals surface area contributed by atoms with Gasteiger partial charge in [0.15, 0.2) is 0 Å². The molecule has 0 saturated carbocycles. The smallest absolute Gasteiger partial charge is 0.326 e. The van der Waals surface area contributed by atoms with Crippen molar-refractivity contribution in [2.24, 2.45) is 0 Å². The first-order valence-electron chi connectivity index (χ1n) is 11.5. The molecule has 1 amide bonds. The molecule has 5 rings (SSSR count). The zero-order valence-electron chi connectivity index (χ0n) is 19.4. The first-order chi connectivity index (χ1) is 17.8. The molecule has 0 fully saturated rings. The number of carbonyl (C=O) groups is 1. The van der Waals surface area contributed by atoms with Crippen LogP contribution in [0, 0.1) is 0 Å². The van der Waals surface area contributed by atoms with Crippen molar-refractivity contribution in [3.8, 4) is 0 Å². The molecular weight excluding hydrogens is 574 g/mol. The van der Waals surface area contributed by atoms with Gasteiger partial charge in [0.2, 0.25) is 0 Å². The van der Waals surface area contributed by atoms with E-state index in [1.165, 1.54) is 0 Å². The molecule has 5 nitrogen and oxygen atoms in total. The normalized spacial score (nSPS) is 13.9. The first kappa shape index (κ1) is 26.4. The maximum atomic E-state index is 13.4. The van der Waals surface area contributed by atoms with Crippen LogP contribution in [0.25, 0.3) is 17.0 Å². The maximum absolute atomic E-state index is 13.4. The van der Waals surface area contributed by atoms with E-state index in [4.69, 9.17) is 58.0 Å². The minimum absolute atomic E-state index is 0.231. The van der Waals surface area contributed by atoms with Gasteiger partial charge < -0.3 is 5.32 Å². The average molecular weight is 595 g/mol. The third-order valence-electron chi connectivity index (χ3n) is 6.32. The van der Waals surface area contributed by atoms with E-state index < -0.39 is 0 Å². The van der Waals surface area contributed by atoms with Crippen LogP contribution in [0.15, 0.2) is 54.7 Å². The predicted octanol–water partition coefficient (Wildman–Crippen LogP) is 8.13. The summed E-state index contributed by atoms with van der Waals surface area (Å²) in [5, 5.41) is 6.22. The first-order valence-corrected chi connectivity index (χ1v) is 13.4. The van der Waals surface area contributed by atoms with Crippen LogP contribution >= 0.6 is 58.0 Å². The number of pyridine rings is 1. The zero-order chi connectivity index (χ0) is 26.1. The largest absolute Gasteiger partial charge is 0.333 e. The van der Waals surface area contributed by atoms with Gasteiger partial charge in [-0.05, 0) is 53.1 Å². The van der Waals surface area contributed by atoms with Crippen molar-refractivity contribution in [2.75, 3.05) is 13.1 Å². The summed E-state index contributed by atoms with van der Waals surface area (Å²) >= 11 is 30.9. The molecule has 0 unspecified atom stereocenters. The van der Waals surface area contributed by atoms with E-state index in [2.05, 4.69) is 21.3 Å². The van der Waals surface area contributed by atoms with Gasteiger partial charge in [-0.2, -0.15) is 0 Å². The van der Waals surface area contributed by atoms with E-state index in [9.17, 15) is 4.79 Å². The quantitative estimate of drug-likeness (QED) is 0.237. The van der Waals surface area contributed by atoms with E-state index in [1.807, 2.05) is 30.3 Å². The standard InChI is InChI=1S/C27H21Cl5N4O/c28-20-4-3-16(10-21(20)29)2-1-8-35-9-6-24-19(15-35)18-12-22(30)23(31)13-25(18)36(24)27(37)34-14-17-5-7-33-26(32)11-17/h1-5,7,10-13H,6,8-9,14-15H2,(H,34,37). The van der Waals surface area contributed by atoms with Gasteiger partial charge in [0.25, 0.3) is 0 Å². The Hall–Kier alpha value is -2.25. The molecule has 1 N–H and O–H groups in total. The number of hydrogen-bond acceptors (Lipinski definition) is 3. The number of benzene rings is 2. The van der Waals surface area contributed by atoms with E-state index in [0.717, 1.165) is 46.4 Å². The van der Waals surface area contributed by atoms with Gasteiger partial charge in [0, 0.05) is 49.9 Å². The van der Waals surface area contributed by atoms with Crippen LogP contribution < -0.4 is 5.32 Å². The lowest BCUT2D eigenvalue weighted by atomic mass is 10.0. The maximum Gasteiger partial charge on any atom is 0.326 e. The Balaban J connectivity index is 1.39. The van der Waals surface area contributed by atoms with Gasteiger partial charge in [0.1, 0.15) is 5.15 Å². The molecular formula is C27H21Cl5N4O. The van der Waals surface area contributed by atoms with Crippen LogP contribution in [0.1, 0.15) is 22.4 Å². The Kier molecular flexibility index (Phi) is 8.01. The molecule has 0 saturated heterocycles. The highest BCUT2D eigenvalue weighted by Crippen LogP contribution is 2.36. The van der Waals surface area contributed by atoms with Crippen LogP contribution in [-0.4, -0.2) is 33.6 Å². The molecule has 0 spiro atoms. The van der Waals surface area contributed by atoms with Gasteiger partial charge in [-0.3, -0.25) is 9.47 Å². The zero-order valence-corrected chi connectivity index (χ0v) is 23.2. The molecule has 3 heterocycles. The van der Waals surface area contributed by atoms with Crippen molar-refractivity contribution >= 4 is 81.0 Å². The number of halogens is 5. The summed E-state index contributed by atoms with van der Waals surface area (Å²) < 4.78 is 1.72. The summed E-state index contributed by atoms with van der Waals surface area (Å²) in [6.07, 6.45) is 6.44. The topological polar surface area (TPSA) is 50.2 Å². The number of hydrogen-bond donors (Lipinski definition) is 1. The van der Waals surface area contributed by atoms with Gasteiger partial charge in [-0.1, -0.05) is 76.2 Å². The second-order valence-electron chi connectivity index (χ2n) is 8.75. The molecule has 37 heavy (non-hydrogen) atoms. The Bertz CT molecular complexity index is 1530. The molecule has 0 bridgehead atoms. The molecule has 1 aliphatic rings. The van der Waals surface area contributed by atoms with Gasteiger partial charge in [-0.15, -0.1) is 0 Å². The Labute approximate surface area is 239 Å². The Morgan fingerprint density at radius 2 is 1.76 bits per heavy atom. The SMILES string of the molecule is O=C(NCc1ccnc(Cl)c1)n1c2c(c3cc(Cl)c(Cl)cc31)CN(CC=Cc1ccc(Cl)c(Cl)c1)CC2. The predicted molar refractivity (Wildman–Crippen MR) is 153 cm³/mol. The van der Waals surface area contributed by atoms with Crippen LogP contribution in [0.3, 0.4) is 0 Å². The number of nitrogens with one attached hydrogen (secondary N) is 1. The minimum Gasteiger partial charge on any atom is -0.333 e. The van der Waals surface area contributed by atoms with Crippen LogP contribution in [0.2, 0.25) is 25.2 Å². The second kappa shape index (κ2) is 11.2. The third kappa shape index (κ3) is 5.78. The molecule has 4 aromatic rings. The van der Waals surface area contributed by atoms with Gasteiger partial charge in [0.05, 0.1) is 25.6 Å². The van der Waals surface area contributed by atoms with Crippen molar-refractivity contribution in [2.45, 2.75) is 19.5 Å². The van der Waals surface area contributed by atoms with Crippen molar-refractivity contribution in [3.05, 3.63) is 102 Å². The molecule has 1 aliphatic heterocycles. The van der Waals surface area contributed by atoms with Crippen LogP contribution in [0.4, 0.5) is 4.79 Å². The molecule has 190 valence electrons. The minimum atomic E-state index is -0.231. The van der Waals surface area contributed by atoms with Crippen molar-refractivity contribution < 1.29 is 4.79 Å². The lowest BCUT2D eigenvalue weighted by Gasteiger charge is -2.27. The molecule has 2 aromatic heterocycles. The fourth-order valence-electron chi connectivity index (χ4n) is 4.56. The second-order valence-corrected chi connectivity index (χ2v) is 10.8. The number of rotatable bonds is 5. The summed E-state index contributed by atoms with van der Waals surface area (Å²) in [4.78, 5) is 19.7. The summed E-state index contributed by atoms with van der Waals surface area (Å²) in [7, 11) is 0. The van der Waals surface area contributed by atoms with Crippen molar-refractivity contribution in [3.63, 3.8) is 0 Å². The highest BCUT2D eigenvalue weighted by atomic mass is 35.5. The van der Waals surface area contributed by atoms with E-state index >= 15 is 0 Å². The van der Waals surface area contributed by atoms with Crippen LogP contribution in [-0.2, 0) is 19.5 Å². The monoisotopic (exact) mass is 592 g/mol. The number of aromatic nitrogens is 2. The summed E-state index contributed by atoms with van der Waals surface area (Å²) in [5.74, 6) is 0. The number of fused-ring (bicyclic) bond motifs is 3. The van der Waals surface area contributed by atoms with E-state index in [0.29, 0.717) is 44.8 Å². The summed E-state index contributed by atoms with van der Waals surface area (Å²) in [6.45, 7) is 2.53. The van der Waals surface area contributed by atoms with Crippen molar-refractivity contribution in [1.29, 1.82) is 0 Å². The highest BCUT2D eigenvalue weighted by molar-refractivity contribution is 6.43. The van der Waals surface area contributed by atoms with Gasteiger partial charge in [-0.25, -0.2) is 9.78 Å². The lowest BCUT2D eigenvalue weighted by Crippen LogP contribution is -2.34. The molecule has 0 atom stereocenters. The number of amides is 1. The fraction of sp³-hybridized carbons (Fsp3) is 0.185. The lowest BCUT2D eigenvalue weighted by molar-refractivity contribution is 0.240. The number of carbonyl (C=O) groups excluding carboxylic acids is 1. The molecule has 2 aromatic carbocycles. The Morgan fingerprint density at radius 1 is 0.973 bits per heavy atom. The third-order valence-corrected chi connectivity index (χ3v) is 7.99. The van der Waals surface area contributed by atoms with E-state index in [-0.39, 0.29) is 6.03 Å². The Morgan fingerprint density at radius 3 is 2.54 bits per heavy atom. The molecule has 0 aliphatic carbocycles. The summed E-state index contributed by atoms with van der Waals surface area (Å²) in [6, 6.07) is 12.5. The van der Waals surface area contributed by atoms with Gasteiger partial charge >= 0.3 is 6.03 Å². The summed E-state index contributed by atoms with van der Waals surface area (Å²) in [5.41, 5.74) is 4.61. The van der Waals surface area contributed by atoms with E-state index in [1.54, 1.807) is 29.0 Å². The average Bonchev–Trinajstić information content (AvgIpc) is 3.17.